The van der Waals surface area contributed by atoms with Gasteiger partial charge in [0.05, 0.1) is 22.7 Å². The van der Waals surface area contributed by atoms with E-state index < -0.39 is 47.8 Å². The summed E-state index contributed by atoms with van der Waals surface area (Å²) in [6.45, 7) is 1.70. The number of phenolic OH excluding ortho intramolecular Hbond substituents is 1. The Labute approximate surface area is 317 Å². The fourth-order valence-electron chi connectivity index (χ4n) is 6.07. The van der Waals surface area contributed by atoms with Crippen LogP contribution in [0.25, 0.3) is 0 Å². The number of hydrogen-bond acceptors (Lipinski definition) is 8. The van der Waals surface area contributed by atoms with Crippen molar-refractivity contribution in [1.82, 2.24) is 10.6 Å². The number of primary amides is 1. The van der Waals surface area contributed by atoms with Crippen molar-refractivity contribution in [2.24, 2.45) is 11.7 Å². The third kappa shape index (κ3) is 11.4. The van der Waals surface area contributed by atoms with Crippen molar-refractivity contribution in [3.05, 3.63) is 85.8 Å². The Morgan fingerprint density at radius 1 is 0.942 bits per heavy atom. The molecule has 0 heterocycles. The van der Waals surface area contributed by atoms with Crippen LogP contribution in [0, 0.1) is 5.92 Å². The van der Waals surface area contributed by atoms with E-state index >= 15 is 0 Å². The maximum atomic E-state index is 13.7. The van der Waals surface area contributed by atoms with E-state index in [1.165, 1.54) is 37.6 Å². The molecule has 13 nitrogen and oxygen atoms in total. The molecule has 2 unspecified atom stereocenters. The number of carbonyl (C=O) groups is 5. The number of aromatic hydroxyl groups is 1. The lowest BCUT2D eigenvalue weighted by molar-refractivity contribution is -0.145. The standard InChI is InChI=1S/C37H41Br2N3O10/c1-20(43)41-30(15-21-7-10-25(11-8-21)52-34(37(49)50)27-17-24(38)18-28(39)33(27)46)36(48)42-29(12-14-32(44)45)23-9-13-31(26(16-23)35(40)47)51-19-22-5-3-2-4-6-22/h7-11,13,16-18,22,29-30,34,46H,2-6,12,14-15,19H2,1H3,(H2,40,47)(H,41,43)(H,42,48)(H,44,45)(H,49,50)/t29?,30-,34?/m0/s1. The van der Waals surface area contributed by atoms with Crippen LogP contribution in [0.4, 0.5) is 0 Å². The molecule has 1 aliphatic rings. The lowest BCUT2D eigenvalue weighted by atomic mass is 9.90. The number of carbonyl (C=O) groups excluding carboxylic acids is 3. The second-order valence-electron chi connectivity index (χ2n) is 12.7. The number of benzene rings is 3. The minimum Gasteiger partial charge on any atom is -0.506 e. The molecule has 3 aromatic rings. The molecule has 3 aromatic carbocycles. The van der Waals surface area contributed by atoms with Gasteiger partial charge in [-0.2, -0.15) is 0 Å². The van der Waals surface area contributed by atoms with Crippen LogP contribution in [0.1, 0.15) is 91.1 Å². The van der Waals surface area contributed by atoms with Gasteiger partial charge in [-0.05, 0) is 88.6 Å². The van der Waals surface area contributed by atoms with E-state index in [0.717, 1.165) is 25.7 Å². The van der Waals surface area contributed by atoms with Gasteiger partial charge < -0.3 is 41.2 Å². The van der Waals surface area contributed by atoms with Gasteiger partial charge >= 0.3 is 11.9 Å². The van der Waals surface area contributed by atoms with Crippen molar-refractivity contribution >= 4 is 61.5 Å². The zero-order valence-electron chi connectivity index (χ0n) is 28.4. The Bertz CT molecular complexity index is 1780. The van der Waals surface area contributed by atoms with Crippen molar-refractivity contribution in [2.45, 2.75) is 76.5 Å². The highest BCUT2D eigenvalue weighted by Gasteiger charge is 2.28. The van der Waals surface area contributed by atoms with Gasteiger partial charge in [0.2, 0.25) is 17.9 Å². The molecule has 7 N–H and O–H groups in total. The monoisotopic (exact) mass is 845 g/mol. The van der Waals surface area contributed by atoms with Gasteiger partial charge in [0.15, 0.2) is 0 Å². The lowest BCUT2D eigenvalue weighted by Gasteiger charge is -2.25. The normalized spacial score (nSPS) is 14.8. The number of halogens is 2. The summed E-state index contributed by atoms with van der Waals surface area (Å²) in [5.41, 5.74) is 6.85. The van der Waals surface area contributed by atoms with E-state index in [9.17, 15) is 39.3 Å². The molecule has 0 saturated heterocycles. The van der Waals surface area contributed by atoms with Gasteiger partial charge in [0.25, 0.3) is 5.91 Å². The summed E-state index contributed by atoms with van der Waals surface area (Å²) in [6.07, 6.45) is 3.69. The minimum absolute atomic E-state index is 0.0134. The van der Waals surface area contributed by atoms with Crippen molar-refractivity contribution in [2.75, 3.05) is 6.61 Å². The van der Waals surface area contributed by atoms with E-state index in [2.05, 4.69) is 42.5 Å². The van der Waals surface area contributed by atoms with Crippen LogP contribution >= 0.6 is 31.9 Å². The van der Waals surface area contributed by atoms with Crippen LogP contribution in [0.2, 0.25) is 0 Å². The van der Waals surface area contributed by atoms with Crippen LogP contribution in [-0.2, 0) is 25.6 Å². The van der Waals surface area contributed by atoms with Gasteiger partial charge in [0.1, 0.15) is 23.3 Å². The van der Waals surface area contributed by atoms with Gasteiger partial charge in [-0.1, -0.05) is 53.4 Å². The van der Waals surface area contributed by atoms with Crippen LogP contribution in [0.5, 0.6) is 17.2 Å². The number of nitrogens with two attached hydrogens (primary N) is 1. The van der Waals surface area contributed by atoms with Gasteiger partial charge in [-0.25, -0.2) is 4.79 Å². The van der Waals surface area contributed by atoms with Crippen LogP contribution < -0.4 is 25.8 Å². The number of carboxylic acids is 2. The Hall–Kier alpha value is -4.63. The van der Waals surface area contributed by atoms with Crippen molar-refractivity contribution < 1.29 is 48.8 Å². The molecule has 4 rings (SSSR count). The van der Waals surface area contributed by atoms with Crippen molar-refractivity contribution in [1.29, 1.82) is 0 Å². The molecule has 0 aromatic heterocycles. The van der Waals surface area contributed by atoms with Crippen molar-refractivity contribution in [3.63, 3.8) is 0 Å². The summed E-state index contributed by atoms with van der Waals surface area (Å²) in [5, 5.41) is 35.2. The summed E-state index contributed by atoms with van der Waals surface area (Å²) in [5.74, 6) is -3.69. The van der Waals surface area contributed by atoms with E-state index in [1.807, 2.05) is 0 Å². The molecular formula is C37H41Br2N3O10. The first-order valence-electron chi connectivity index (χ1n) is 16.7. The molecule has 1 saturated carbocycles. The highest BCUT2D eigenvalue weighted by atomic mass is 79.9. The quantitative estimate of drug-likeness (QED) is 0.0939. The third-order valence-electron chi connectivity index (χ3n) is 8.71. The average Bonchev–Trinajstić information content (AvgIpc) is 3.10. The molecule has 1 fully saturated rings. The zero-order chi connectivity index (χ0) is 37.9. The Kier molecular flexibility index (Phi) is 14.5. The predicted molar refractivity (Wildman–Crippen MR) is 197 cm³/mol. The first kappa shape index (κ1) is 40.1. The molecule has 15 heteroatoms. The molecule has 3 atom stereocenters. The second-order valence-corrected chi connectivity index (χ2v) is 14.5. The molecular weight excluding hydrogens is 806 g/mol. The molecule has 0 aliphatic heterocycles. The Morgan fingerprint density at radius 3 is 2.25 bits per heavy atom. The SMILES string of the molecule is CC(=O)N[C@@H](Cc1ccc(OC(C(=O)O)c2cc(Br)cc(Br)c2O)cc1)C(=O)NC(CCC(=O)O)c1ccc(OCC2CCCCC2)c(C(N)=O)c1. The second kappa shape index (κ2) is 18.7. The van der Waals surface area contributed by atoms with Crippen molar-refractivity contribution in [3.8, 4) is 17.2 Å². The number of amides is 3. The van der Waals surface area contributed by atoms with Gasteiger partial charge in [-0.15, -0.1) is 0 Å². The molecule has 0 radical (unpaired) electrons. The number of hydrogen-bond donors (Lipinski definition) is 6. The molecule has 0 spiro atoms. The molecule has 278 valence electrons. The molecule has 3 amide bonds. The molecule has 0 bridgehead atoms. The summed E-state index contributed by atoms with van der Waals surface area (Å²) in [4.78, 5) is 61.9. The number of phenols is 1. The summed E-state index contributed by atoms with van der Waals surface area (Å²) in [6, 6.07) is 12.0. The third-order valence-corrected chi connectivity index (χ3v) is 9.77. The maximum Gasteiger partial charge on any atom is 0.349 e. The lowest BCUT2D eigenvalue weighted by Crippen LogP contribution is -2.48. The zero-order valence-corrected chi connectivity index (χ0v) is 31.6. The number of carboxylic acid groups (broad SMARTS) is 2. The largest absolute Gasteiger partial charge is 0.506 e. The Balaban J connectivity index is 1.51. The fourth-order valence-corrected chi connectivity index (χ4v) is 7.33. The number of ether oxygens (including phenoxy) is 2. The summed E-state index contributed by atoms with van der Waals surface area (Å²) < 4.78 is 12.5. The summed E-state index contributed by atoms with van der Waals surface area (Å²) in [7, 11) is 0. The maximum absolute atomic E-state index is 13.7. The topological polar surface area (TPSA) is 215 Å². The van der Waals surface area contributed by atoms with Crippen LogP contribution in [0.3, 0.4) is 0 Å². The van der Waals surface area contributed by atoms with Crippen LogP contribution in [-0.4, -0.2) is 57.6 Å². The number of aliphatic carboxylic acids is 2. The predicted octanol–water partition coefficient (Wildman–Crippen LogP) is 5.95. The Morgan fingerprint density at radius 2 is 1.63 bits per heavy atom. The number of nitrogens with one attached hydrogen (secondary N) is 2. The van der Waals surface area contributed by atoms with Gasteiger partial charge in [0, 0.05) is 29.8 Å². The van der Waals surface area contributed by atoms with E-state index in [4.69, 9.17) is 15.2 Å². The first-order chi connectivity index (χ1) is 24.7. The van der Waals surface area contributed by atoms with Gasteiger partial charge in [-0.3, -0.25) is 19.2 Å². The smallest absolute Gasteiger partial charge is 0.349 e. The van der Waals surface area contributed by atoms with E-state index in [0.29, 0.717) is 33.9 Å². The van der Waals surface area contributed by atoms with E-state index in [1.54, 1.807) is 30.3 Å². The van der Waals surface area contributed by atoms with E-state index in [-0.39, 0.29) is 46.4 Å². The summed E-state index contributed by atoms with van der Waals surface area (Å²) >= 11 is 6.47. The van der Waals surface area contributed by atoms with Crippen LogP contribution in [0.15, 0.2) is 63.5 Å². The fraction of sp³-hybridized carbons (Fsp3) is 0.378. The molecule has 52 heavy (non-hydrogen) atoms. The average molecular weight is 848 g/mol. The highest BCUT2D eigenvalue weighted by molar-refractivity contribution is 9.11. The minimum atomic E-state index is -1.55. The molecule has 1 aliphatic carbocycles. The number of rotatable bonds is 17. The first-order valence-corrected chi connectivity index (χ1v) is 18.3. The highest BCUT2D eigenvalue weighted by Crippen LogP contribution is 2.37.